The predicted molar refractivity (Wildman–Crippen MR) is 53.6 cm³/mol. The van der Waals surface area contributed by atoms with E-state index in [1.54, 1.807) is 18.4 Å². The Labute approximate surface area is 91.6 Å². The fourth-order valence-corrected chi connectivity index (χ4v) is 1.60. The van der Waals surface area contributed by atoms with Crippen molar-refractivity contribution < 1.29 is 13.7 Å². The SMILES string of the molecule is c1coc(-c2noc(C3CNCCO3)n2)c1. The number of rotatable bonds is 2. The largest absolute Gasteiger partial charge is 0.461 e. The minimum absolute atomic E-state index is 0.162. The Morgan fingerprint density at radius 2 is 2.44 bits per heavy atom. The van der Waals surface area contributed by atoms with Gasteiger partial charge in [0.1, 0.15) is 6.10 Å². The molecule has 16 heavy (non-hydrogen) atoms. The Bertz CT molecular complexity index is 446. The summed E-state index contributed by atoms with van der Waals surface area (Å²) in [6.07, 6.45) is 1.41. The van der Waals surface area contributed by atoms with Gasteiger partial charge in [-0.2, -0.15) is 4.98 Å². The number of furan rings is 1. The third kappa shape index (κ3) is 1.72. The molecule has 1 saturated heterocycles. The lowest BCUT2D eigenvalue weighted by molar-refractivity contribution is 0.00755. The summed E-state index contributed by atoms with van der Waals surface area (Å²) >= 11 is 0. The van der Waals surface area contributed by atoms with E-state index in [1.165, 1.54) is 0 Å². The molecule has 0 amide bonds. The van der Waals surface area contributed by atoms with E-state index in [4.69, 9.17) is 13.7 Å². The van der Waals surface area contributed by atoms with Crippen molar-refractivity contribution in [3.05, 3.63) is 24.3 Å². The zero-order valence-electron chi connectivity index (χ0n) is 8.55. The van der Waals surface area contributed by atoms with Gasteiger partial charge >= 0.3 is 0 Å². The summed E-state index contributed by atoms with van der Waals surface area (Å²) < 4.78 is 15.8. The highest BCUT2D eigenvalue weighted by molar-refractivity contribution is 5.44. The molecule has 2 aromatic heterocycles. The van der Waals surface area contributed by atoms with Crippen LogP contribution in [-0.4, -0.2) is 29.8 Å². The van der Waals surface area contributed by atoms with Gasteiger partial charge in [-0.05, 0) is 12.1 Å². The fourth-order valence-electron chi connectivity index (χ4n) is 1.60. The van der Waals surface area contributed by atoms with Crippen LogP contribution in [0.5, 0.6) is 0 Å². The third-order valence-electron chi connectivity index (χ3n) is 2.39. The number of morpholine rings is 1. The zero-order valence-corrected chi connectivity index (χ0v) is 8.55. The Kier molecular flexibility index (Phi) is 2.43. The molecule has 0 spiro atoms. The molecule has 1 aliphatic heterocycles. The summed E-state index contributed by atoms with van der Waals surface area (Å²) in [6, 6.07) is 3.57. The van der Waals surface area contributed by atoms with Crippen LogP contribution < -0.4 is 5.32 Å². The molecule has 0 radical (unpaired) electrons. The Hall–Kier alpha value is -1.66. The highest BCUT2D eigenvalue weighted by Crippen LogP contribution is 2.21. The van der Waals surface area contributed by atoms with Crippen LogP contribution in [0.4, 0.5) is 0 Å². The van der Waals surface area contributed by atoms with Gasteiger partial charge in [0.05, 0.1) is 12.9 Å². The topological polar surface area (TPSA) is 73.3 Å². The first-order valence-corrected chi connectivity index (χ1v) is 5.13. The van der Waals surface area contributed by atoms with Gasteiger partial charge in [0, 0.05) is 13.1 Å². The molecule has 1 fully saturated rings. The van der Waals surface area contributed by atoms with Crippen molar-refractivity contribution in [2.45, 2.75) is 6.10 Å². The second-order valence-electron chi connectivity index (χ2n) is 3.50. The van der Waals surface area contributed by atoms with Crippen molar-refractivity contribution in [3.63, 3.8) is 0 Å². The second kappa shape index (κ2) is 4.07. The van der Waals surface area contributed by atoms with E-state index < -0.39 is 0 Å². The molecule has 0 bridgehead atoms. The maximum absolute atomic E-state index is 5.51. The minimum Gasteiger partial charge on any atom is -0.461 e. The number of nitrogens with zero attached hydrogens (tertiary/aromatic N) is 2. The van der Waals surface area contributed by atoms with Gasteiger partial charge in [0.25, 0.3) is 5.89 Å². The van der Waals surface area contributed by atoms with E-state index in [-0.39, 0.29) is 6.10 Å². The second-order valence-corrected chi connectivity index (χ2v) is 3.50. The summed E-state index contributed by atoms with van der Waals surface area (Å²) in [5.74, 6) is 1.53. The number of ether oxygens (including phenoxy) is 1. The van der Waals surface area contributed by atoms with Crippen LogP contribution in [0.3, 0.4) is 0 Å². The van der Waals surface area contributed by atoms with Crippen molar-refractivity contribution in [1.29, 1.82) is 0 Å². The monoisotopic (exact) mass is 221 g/mol. The average Bonchev–Trinajstić information content (AvgIpc) is 3.01. The summed E-state index contributed by atoms with van der Waals surface area (Å²) in [7, 11) is 0. The predicted octanol–water partition coefficient (Wildman–Crippen LogP) is 0.990. The van der Waals surface area contributed by atoms with E-state index in [2.05, 4.69) is 15.5 Å². The molecular weight excluding hydrogens is 210 g/mol. The van der Waals surface area contributed by atoms with Crippen LogP contribution in [0.2, 0.25) is 0 Å². The molecule has 6 nitrogen and oxygen atoms in total. The number of hydrogen-bond acceptors (Lipinski definition) is 6. The molecule has 0 aliphatic carbocycles. The highest BCUT2D eigenvalue weighted by Gasteiger charge is 2.22. The van der Waals surface area contributed by atoms with Crippen LogP contribution in [0, 0.1) is 0 Å². The summed E-state index contributed by atoms with van der Waals surface area (Å²) in [5, 5.41) is 7.05. The molecule has 2 aromatic rings. The maximum Gasteiger partial charge on any atom is 0.257 e. The summed E-state index contributed by atoms with van der Waals surface area (Å²) in [5.41, 5.74) is 0. The van der Waals surface area contributed by atoms with Gasteiger partial charge in [-0.25, -0.2) is 0 Å². The maximum atomic E-state index is 5.51. The van der Waals surface area contributed by atoms with E-state index >= 15 is 0 Å². The van der Waals surface area contributed by atoms with E-state index in [0.717, 1.165) is 6.54 Å². The van der Waals surface area contributed by atoms with E-state index in [0.29, 0.717) is 30.6 Å². The molecule has 84 valence electrons. The van der Waals surface area contributed by atoms with Crippen LogP contribution in [-0.2, 0) is 4.74 Å². The third-order valence-corrected chi connectivity index (χ3v) is 2.39. The van der Waals surface area contributed by atoms with Gasteiger partial charge < -0.3 is 19.0 Å². The van der Waals surface area contributed by atoms with Gasteiger partial charge in [0.2, 0.25) is 5.82 Å². The Morgan fingerprint density at radius 3 is 3.19 bits per heavy atom. The molecule has 0 saturated carbocycles. The van der Waals surface area contributed by atoms with Gasteiger partial charge in [-0.3, -0.25) is 0 Å². The molecule has 6 heteroatoms. The highest BCUT2D eigenvalue weighted by atomic mass is 16.5. The first-order chi connectivity index (χ1) is 7.93. The lowest BCUT2D eigenvalue weighted by atomic mass is 10.3. The van der Waals surface area contributed by atoms with Crippen molar-refractivity contribution >= 4 is 0 Å². The minimum atomic E-state index is -0.162. The fraction of sp³-hybridized carbons (Fsp3) is 0.400. The summed E-state index contributed by atoms with van der Waals surface area (Å²) in [4.78, 5) is 4.24. The van der Waals surface area contributed by atoms with Crippen molar-refractivity contribution in [1.82, 2.24) is 15.5 Å². The van der Waals surface area contributed by atoms with Crippen LogP contribution >= 0.6 is 0 Å². The normalized spacial score (nSPS) is 21.1. The van der Waals surface area contributed by atoms with Gasteiger partial charge in [-0.15, -0.1) is 0 Å². The molecule has 1 atom stereocenters. The summed E-state index contributed by atoms with van der Waals surface area (Å²) in [6.45, 7) is 2.21. The van der Waals surface area contributed by atoms with Crippen molar-refractivity contribution in [2.24, 2.45) is 0 Å². The molecule has 3 rings (SSSR count). The number of nitrogens with one attached hydrogen (secondary N) is 1. The first kappa shape index (κ1) is 9.56. The van der Waals surface area contributed by atoms with E-state index in [1.807, 2.05) is 0 Å². The lowest BCUT2D eigenvalue weighted by Gasteiger charge is -2.19. The molecule has 1 N–H and O–H groups in total. The number of aromatic nitrogens is 2. The first-order valence-electron chi connectivity index (χ1n) is 5.13. The molecule has 1 aliphatic rings. The Morgan fingerprint density at radius 1 is 1.44 bits per heavy atom. The molecule has 3 heterocycles. The van der Waals surface area contributed by atoms with Gasteiger partial charge in [-0.1, -0.05) is 5.16 Å². The van der Waals surface area contributed by atoms with Crippen LogP contribution in [0.1, 0.15) is 12.0 Å². The molecular formula is C10H11N3O3. The van der Waals surface area contributed by atoms with Crippen LogP contribution in [0.25, 0.3) is 11.6 Å². The molecule has 0 aromatic carbocycles. The molecule has 1 unspecified atom stereocenters. The Balaban J connectivity index is 1.82. The zero-order chi connectivity index (χ0) is 10.8. The number of hydrogen-bond donors (Lipinski definition) is 1. The van der Waals surface area contributed by atoms with Crippen LogP contribution in [0.15, 0.2) is 27.3 Å². The van der Waals surface area contributed by atoms with Crippen molar-refractivity contribution in [2.75, 3.05) is 19.7 Å². The standard InChI is InChI=1S/C10H11N3O3/c1-2-7(14-4-1)9-12-10(16-13-9)8-6-11-3-5-15-8/h1-2,4,8,11H,3,5-6H2. The quantitative estimate of drug-likeness (QED) is 0.815. The van der Waals surface area contributed by atoms with Crippen molar-refractivity contribution in [3.8, 4) is 11.6 Å². The average molecular weight is 221 g/mol. The lowest BCUT2D eigenvalue weighted by Crippen LogP contribution is -2.33. The van der Waals surface area contributed by atoms with Gasteiger partial charge in [0.15, 0.2) is 5.76 Å². The smallest absolute Gasteiger partial charge is 0.257 e. The van der Waals surface area contributed by atoms with E-state index in [9.17, 15) is 0 Å².